The van der Waals surface area contributed by atoms with Gasteiger partial charge >= 0.3 is 0 Å². The van der Waals surface area contributed by atoms with Gasteiger partial charge in [-0.3, -0.25) is 9.59 Å². The first-order valence-corrected chi connectivity index (χ1v) is 11.4. The summed E-state index contributed by atoms with van der Waals surface area (Å²) in [5.74, 6) is 0.922. The number of hydrogen-bond acceptors (Lipinski definition) is 3. The molecule has 4 nitrogen and oxygen atoms in total. The molecule has 1 unspecified atom stereocenters. The van der Waals surface area contributed by atoms with Crippen molar-refractivity contribution in [2.45, 2.75) is 45.5 Å². The van der Waals surface area contributed by atoms with Gasteiger partial charge in [0.15, 0.2) is 0 Å². The summed E-state index contributed by atoms with van der Waals surface area (Å²) in [6, 6.07) is 15.2. The Morgan fingerprint density at radius 2 is 1.83 bits per heavy atom. The van der Waals surface area contributed by atoms with E-state index in [-0.39, 0.29) is 11.8 Å². The molecule has 0 saturated heterocycles. The molecule has 1 N–H and O–H groups in total. The van der Waals surface area contributed by atoms with Gasteiger partial charge in [-0.05, 0) is 43.5 Å². The first kappa shape index (κ1) is 23.3. The van der Waals surface area contributed by atoms with Crippen LogP contribution in [0.3, 0.4) is 0 Å². The molecule has 2 rings (SSSR count). The first-order chi connectivity index (χ1) is 13.9. The third-order valence-electron chi connectivity index (χ3n) is 4.58. The summed E-state index contributed by atoms with van der Waals surface area (Å²) in [4.78, 5) is 27.4. The van der Waals surface area contributed by atoms with Crippen molar-refractivity contribution in [3.05, 3.63) is 70.2 Å². The van der Waals surface area contributed by atoms with Crippen LogP contribution in [0.1, 0.15) is 37.0 Å². The second-order valence-electron chi connectivity index (χ2n) is 6.95. The van der Waals surface area contributed by atoms with Gasteiger partial charge in [-0.1, -0.05) is 60.5 Å². The summed E-state index contributed by atoms with van der Waals surface area (Å²) in [6.45, 7) is 6.83. The van der Waals surface area contributed by atoms with Gasteiger partial charge in [-0.2, -0.15) is 0 Å². The second-order valence-corrected chi connectivity index (χ2v) is 8.37. The van der Waals surface area contributed by atoms with E-state index in [1.807, 2.05) is 63.2 Å². The highest BCUT2D eigenvalue weighted by atomic mass is 35.5. The Morgan fingerprint density at radius 3 is 2.45 bits per heavy atom. The Balaban J connectivity index is 2.10. The fraction of sp³-hybridized carbons (Fsp3) is 0.391. The number of carbonyl (C=O) groups excluding carboxylic acids is 2. The van der Waals surface area contributed by atoms with Crippen LogP contribution in [0.25, 0.3) is 0 Å². The number of benzene rings is 2. The summed E-state index contributed by atoms with van der Waals surface area (Å²) in [7, 11) is 0. The zero-order valence-corrected chi connectivity index (χ0v) is 18.9. The maximum Gasteiger partial charge on any atom is 0.242 e. The number of carbonyl (C=O) groups is 2. The third kappa shape index (κ3) is 7.41. The molecule has 0 fully saturated rings. The van der Waals surface area contributed by atoms with Crippen LogP contribution < -0.4 is 5.32 Å². The minimum atomic E-state index is -0.473. The monoisotopic (exact) mass is 432 g/mol. The summed E-state index contributed by atoms with van der Waals surface area (Å²) in [5, 5.41) is 3.56. The predicted molar refractivity (Wildman–Crippen MR) is 122 cm³/mol. The summed E-state index contributed by atoms with van der Waals surface area (Å²) >= 11 is 7.48. The van der Waals surface area contributed by atoms with Crippen LogP contribution in [0.5, 0.6) is 0 Å². The summed E-state index contributed by atoms with van der Waals surface area (Å²) < 4.78 is 0. The van der Waals surface area contributed by atoms with E-state index in [0.717, 1.165) is 22.4 Å². The van der Waals surface area contributed by atoms with Gasteiger partial charge < -0.3 is 10.2 Å². The van der Waals surface area contributed by atoms with Crippen LogP contribution in [0, 0.1) is 6.92 Å². The molecule has 0 saturated carbocycles. The molecule has 2 aromatic rings. The van der Waals surface area contributed by atoms with Crippen LogP contribution in [0.15, 0.2) is 48.5 Å². The number of thioether (sulfide) groups is 1. The molecule has 0 heterocycles. The van der Waals surface area contributed by atoms with Crippen LogP contribution in [-0.4, -0.2) is 35.1 Å². The Kier molecular flexibility index (Phi) is 9.55. The van der Waals surface area contributed by atoms with E-state index < -0.39 is 6.04 Å². The average Bonchev–Trinajstić information content (AvgIpc) is 2.69. The van der Waals surface area contributed by atoms with Gasteiger partial charge in [-0.15, -0.1) is 11.8 Å². The number of halogens is 1. The maximum atomic E-state index is 13.1. The zero-order valence-electron chi connectivity index (χ0n) is 17.3. The molecule has 0 aliphatic carbocycles. The number of hydrogen-bond donors (Lipinski definition) is 1. The lowest BCUT2D eigenvalue weighted by Crippen LogP contribution is -2.49. The molecule has 0 aliphatic heterocycles. The minimum absolute atomic E-state index is 0.0245. The smallest absolute Gasteiger partial charge is 0.242 e. The van der Waals surface area contributed by atoms with Crippen molar-refractivity contribution in [1.29, 1.82) is 0 Å². The number of nitrogens with zero attached hydrogens (tertiary/aromatic N) is 1. The molecule has 0 aromatic heterocycles. The molecule has 6 heteroatoms. The molecule has 0 spiro atoms. The molecule has 1 atom stereocenters. The average molecular weight is 433 g/mol. The Labute approximate surface area is 183 Å². The van der Waals surface area contributed by atoms with Crippen molar-refractivity contribution in [2.75, 3.05) is 12.3 Å². The standard InChI is InChI=1S/C23H29ClN2O2S/c1-4-21(23(28)25-5-2)26(14-19-8-6-7-17(3)13-19)22(27)16-29-15-18-9-11-20(24)12-10-18/h6-13,21H,4-5,14-16H2,1-3H3,(H,25,28). The molecule has 29 heavy (non-hydrogen) atoms. The lowest BCUT2D eigenvalue weighted by Gasteiger charge is -2.30. The number of amides is 2. The molecule has 156 valence electrons. The SMILES string of the molecule is CCNC(=O)C(CC)N(Cc1cccc(C)c1)C(=O)CSCc1ccc(Cl)cc1. The number of likely N-dealkylation sites (N-methyl/N-ethyl adjacent to an activating group) is 1. The predicted octanol–water partition coefficient (Wildman–Crippen LogP) is 4.83. The van der Waals surface area contributed by atoms with E-state index in [1.54, 1.807) is 16.7 Å². The van der Waals surface area contributed by atoms with Gasteiger partial charge in [0.25, 0.3) is 0 Å². The Hall–Kier alpha value is -1.98. The molecule has 0 aliphatic rings. The van der Waals surface area contributed by atoms with E-state index in [9.17, 15) is 9.59 Å². The molecule has 0 bridgehead atoms. The lowest BCUT2D eigenvalue weighted by molar-refractivity contribution is -0.139. The van der Waals surface area contributed by atoms with Gasteiger partial charge in [0.2, 0.25) is 11.8 Å². The number of aryl methyl sites for hydroxylation is 1. The van der Waals surface area contributed by atoms with E-state index >= 15 is 0 Å². The van der Waals surface area contributed by atoms with Crippen LogP contribution in [0.2, 0.25) is 5.02 Å². The molecule has 2 amide bonds. The minimum Gasteiger partial charge on any atom is -0.355 e. The van der Waals surface area contributed by atoms with Gasteiger partial charge in [0.05, 0.1) is 5.75 Å². The molecular formula is C23H29ClN2O2S. The molecular weight excluding hydrogens is 404 g/mol. The van der Waals surface area contributed by atoms with Crippen molar-refractivity contribution in [3.8, 4) is 0 Å². The molecule has 0 radical (unpaired) electrons. The van der Waals surface area contributed by atoms with E-state index in [0.29, 0.717) is 30.3 Å². The zero-order chi connectivity index (χ0) is 21.2. The van der Waals surface area contributed by atoms with Crippen molar-refractivity contribution < 1.29 is 9.59 Å². The lowest BCUT2D eigenvalue weighted by atomic mass is 10.1. The fourth-order valence-corrected chi connectivity index (χ4v) is 4.14. The van der Waals surface area contributed by atoms with Crippen LogP contribution >= 0.6 is 23.4 Å². The van der Waals surface area contributed by atoms with E-state index in [2.05, 4.69) is 11.4 Å². The largest absolute Gasteiger partial charge is 0.355 e. The summed E-state index contributed by atoms with van der Waals surface area (Å²) in [6.07, 6.45) is 0.575. The highest BCUT2D eigenvalue weighted by Crippen LogP contribution is 2.19. The van der Waals surface area contributed by atoms with Crippen molar-refractivity contribution in [2.24, 2.45) is 0 Å². The number of nitrogens with one attached hydrogen (secondary N) is 1. The highest BCUT2D eigenvalue weighted by molar-refractivity contribution is 7.99. The van der Waals surface area contributed by atoms with Crippen molar-refractivity contribution in [3.63, 3.8) is 0 Å². The number of rotatable bonds is 10. The van der Waals surface area contributed by atoms with Crippen molar-refractivity contribution in [1.82, 2.24) is 10.2 Å². The second kappa shape index (κ2) is 11.9. The Morgan fingerprint density at radius 1 is 1.10 bits per heavy atom. The summed E-state index contributed by atoms with van der Waals surface area (Å²) in [5.41, 5.74) is 3.29. The fourth-order valence-electron chi connectivity index (χ4n) is 3.14. The van der Waals surface area contributed by atoms with E-state index in [4.69, 9.17) is 11.6 Å². The first-order valence-electron chi connectivity index (χ1n) is 9.89. The topological polar surface area (TPSA) is 49.4 Å². The highest BCUT2D eigenvalue weighted by Gasteiger charge is 2.28. The third-order valence-corrected chi connectivity index (χ3v) is 5.82. The van der Waals surface area contributed by atoms with Crippen LogP contribution in [0.4, 0.5) is 0 Å². The normalized spacial score (nSPS) is 11.7. The van der Waals surface area contributed by atoms with E-state index in [1.165, 1.54) is 0 Å². The van der Waals surface area contributed by atoms with Crippen molar-refractivity contribution >= 4 is 35.2 Å². The maximum absolute atomic E-state index is 13.1. The molecule has 2 aromatic carbocycles. The van der Waals surface area contributed by atoms with Gasteiger partial charge in [0.1, 0.15) is 6.04 Å². The van der Waals surface area contributed by atoms with Gasteiger partial charge in [0, 0.05) is 23.9 Å². The quantitative estimate of drug-likeness (QED) is 0.585. The van der Waals surface area contributed by atoms with Gasteiger partial charge in [-0.25, -0.2) is 0 Å². The Bertz CT molecular complexity index is 811. The van der Waals surface area contributed by atoms with Crippen LogP contribution in [-0.2, 0) is 21.9 Å².